The third-order valence-electron chi connectivity index (χ3n) is 4.89. The van der Waals surface area contributed by atoms with Crippen LogP contribution in [0, 0.1) is 0 Å². The van der Waals surface area contributed by atoms with Gasteiger partial charge in [-0.3, -0.25) is 5.43 Å². The topological polar surface area (TPSA) is 81.7 Å². The highest BCUT2D eigenvalue weighted by atomic mass is 16.4. The zero-order valence-electron chi connectivity index (χ0n) is 13.0. The molecule has 2 fully saturated rings. The molecule has 120 valence electrons. The van der Waals surface area contributed by atoms with E-state index in [1.807, 2.05) is 5.01 Å². The Hall–Kier alpha value is -1.30. The van der Waals surface area contributed by atoms with Crippen molar-refractivity contribution in [2.24, 2.45) is 0 Å². The van der Waals surface area contributed by atoms with E-state index in [1.165, 1.54) is 6.42 Å². The van der Waals surface area contributed by atoms with Crippen molar-refractivity contribution in [3.8, 4) is 0 Å². The van der Waals surface area contributed by atoms with Crippen LogP contribution in [-0.4, -0.2) is 39.7 Å². The lowest BCUT2D eigenvalue weighted by Crippen LogP contribution is -2.63. The lowest BCUT2D eigenvalue weighted by Gasteiger charge is -2.40. The number of carboxylic acid groups (broad SMARTS) is 1. The van der Waals surface area contributed by atoms with E-state index < -0.39 is 11.5 Å². The standard InChI is InChI=1S/C15H27N3O3/c1-11-7-6-8-12(2)18(11)17-14(21)16-15(13(19)20)9-4-3-5-10-15/h11-12H,3-10H2,1-2H3,(H,19,20)(H2,16,17,21). The van der Waals surface area contributed by atoms with Gasteiger partial charge in [-0.15, -0.1) is 0 Å². The van der Waals surface area contributed by atoms with Crippen molar-refractivity contribution >= 4 is 12.0 Å². The molecule has 21 heavy (non-hydrogen) atoms. The number of hydrogen-bond donors (Lipinski definition) is 3. The van der Waals surface area contributed by atoms with E-state index >= 15 is 0 Å². The van der Waals surface area contributed by atoms with E-state index in [4.69, 9.17) is 0 Å². The number of nitrogens with zero attached hydrogens (tertiary/aromatic N) is 1. The number of hydrogen-bond acceptors (Lipinski definition) is 3. The maximum Gasteiger partial charge on any atom is 0.330 e. The highest BCUT2D eigenvalue weighted by Gasteiger charge is 2.41. The number of rotatable bonds is 3. The minimum atomic E-state index is -1.09. The molecule has 0 bridgehead atoms. The zero-order chi connectivity index (χ0) is 15.5. The molecule has 1 heterocycles. The Morgan fingerprint density at radius 3 is 2.14 bits per heavy atom. The van der Waals surface area contributed by atoms with Crippen LogP contribution in [0.3, 0.4) is 0 Å². The van der Waals surface area contributed by atoms with Gasteiger partial charge in [-0.1, -0.05) is 25.7 Å². The predicted octanol–water partition coefficient (Wildman–Crippen LogP) is 2.25. The van der Waals surface area contributed by atoms with Gasteiger partial charge in [-0.25, -0.2) is 14.6 Å². The Bertz CT molecular complexity index is 384. The summed E-state index contributed by atoms with van der Waals surface area (Å²) in [7, 11) is 0. The molecule has 0 radical (unpaired) electrons. The summed E-state index contributed by atoms with van der Waals surface area (Å²) in [6.45, 7) is 4.17. The number of nitrogens with one attached hydrogen (secondary N) is 2. The van der Waals surface area contributed by atoms with Crippen LogP contribution in [0.4, 0.5) is 4.79 Å². The van der Waals surface area contributed by atoms with Crippen molar-refractivity contribution < 1.29 is 14.7 Å². The molecule has 1 saturated heterocycles. The second-order valence-electron chi connectivity index (χ2n) is 6.55. The molecule has 1 saturated carbocycles. The number of carboxylic acids is 1. The van der Waals surface area contributed by atoms with Gasteiger partial charge in [0.1, 0.15) is 5.54 Å². The van der Waals surface area contributed by atoms with E-state index in [0.717, 1.165) is 32.1 Å². The minimum Gasteiger partial charge on any atom is -0.480 e. The number of amides is 2. The number of aliphatic carboxylic acids is 1. The molecule has 0 aromatic rings. The zero-order valence-corrected chi connectivity index (χ0v) is 13.0. The first-order chi connectivity index (χ1) is 9.94. The highest BCUT2D eigenvalue weighted by Crippen LogP contribution is 2.28. The van der Waals surface area contributed by atoms with E-state index in [-0.39, 0.29) is 18.1 Å². The average Bonchev–Trinajstić information content (AvgIpc) is 2.44. The monoisotopic (exact) mass is 297 g/mol. The smallest absolute Gasteiger partial charge is 0.330 e. The molecule has 6 heteroatoms. The Labute approximate surface area is 126 Å². The van der Waals surface area contributed by atoms with Crippen LogP contribution in [-0.2, 0) is 4.79 Å². The fraction of sp³-hybridized carbons (Fsp3) is 0.867. The fourth-order valence-electron chi connectivity index (χ4n) is 3.55. The summed E-state index contributed by atoms with van der Waals surface area (Å²) < 4.78 is 0. The first-order valence-corrected chi connectivity index (χ1v) is 8.05. The normalized spacial score (nSPS) is 29.6. The third kappa shape index (κ3) is 3.67. The summed E-state index contributed by atoms with van der Waals surface area (Å²) in [6, 6.07) is 0.179. The molecule has 2 aliphatic rings. The first kappa shape index (κ1) is 16.1. The quantitative estimate of drug-likeness (QED) is 0.746. The largest absolute Gasteiger partial charge is 0.480 e. The van der Waals surface area contributed by atoms with Gasteiger partial charge >= 0.3 is 12.0 Å². The van der Waals surface area contributed by atoms with Crippen LogP contribution in [0.25, 0.3) is 0 Å². The minimum absolute atomic E-state index is 0.284. The molecule has 2 unspecified atom stereocenters. The maximum atomic E-state index is 12.3. The van der Waals surface area contributed by atoms with E-state index in [0.29, 0.717) is 12.8 Å². The van der Waals surface area contributed by atoms with Gasteiger partial charge in [0, 0.05) is 12.1 Å². The molecular weight excluding hydrogens is 270 g/mol. The van der Waals surface area contributed by atoms with Crippen molar-refractivity contribution in [3.05, 3.63) is 0 Å². The Morgan fingerprint density at radius 2 is 1.62 bits per heavy atom. The summed E-state index contributed by atoms with van der Waals surface area (Å²) >= 11 is 0. The Balaban J connectivity index is 1.97. The average molecular weight is 297 g/mol. The van der Waals surface area contributed by atoms with Crippen molar-refractivity contribution in [2.45, 2.75) is 82.8 Å². The van der Waals surface area contributed by atoms with Crippen LogP contribution >= 0.6 is 0 Å². The molecule has 2 atom stereocenters. The summed E-state index contributed by atoms with van der Waals surface area (Å²) in [5.74, 6) is -0.919. The molecular formula is C15H27N3O3. The molecule has 2 amide bonds. The number of piperidine rings is 1. The van der Waals surface area contributed by atoms with Gasteiger partial charge in [0.15, 0.2) is 0 Å². The van der Waals surface area contributed by atoms with Crippen LogP contribution in [0.15, 0.2) is 0 Å². The SMILES string of the molecule is CC1CCCC(C)N1NC(=O)NC1(C(=O)O)CCCCC1. The van der Waals surface area contributed by atoms with Gasteiger partial charge < -0.3 is 10.4 Å². The molecule has 1 aliphatic carbocycles. The molecule has 0 aromatic carbocycles. The van der Waals surface area contributed by atoms with Crippen LogP contribution < -0.4 is 10.7 Å². The van der Waals surface area contributed by atoms with E-state index in [9.17, 15) is 14.7 Å². The Morgan fingerprint density at radius 1 is 1.05 bits per heavy atom. The van der Waals surface area contributed by atoms with Gasteiger partial charge in [0.2, 0.25) is 0 Å². The van der Waals surface area contributed by atoms with Crippen molar-refractivity contribution in [3.63, 3.8) is 0 Å². The van der Waals surface area contributed by atoms with Gasteiger partial charge in [-0.05, 0) is 39.5 Å². The van der Waals surface area contributed by atoms with Crippen LogP contribution in [0.1, 0.15) is 65.2 Å². The number of carbonyl (C=O) groups excluding carboxylic acids is 1. The summed E-state index contributed by atoms with van der Waals surface area (Å²) in [5.41, 5.74) is 1.77. The van der Waals surface area contributed by atoms with Crippen LogP contribution in [0.5, 0.6) is 0 Å². The second kappa shape index (κ2) is 6.64. The van der Waals surface area contributed by atoms with Gasteiger partial charge in [0.05, 0.1) is 0 Å². The highest BCUT2D eigenvalue weighted by molar-refractivity contribution is 5.86. The van der Waals surface area contributed by atoms with Crippen molar-refractivity contribution in [2.75, 3.05) is 0 Å². The summed E-state index contributed by atoms with van der Waals surface area (Å²) in [6.07, 6.45) is 7.04. The third-order valence-corrected chi connectivity index (χ3v) is 4.89. The fourth-order valence-corrected chi connectivity index (χ4v) is 3.55. The van der Waals surface area contributed by atoms with Crippen LogP contribution in [0.2, 0.25) is 0 Å². The molecule has 3 N–H and O–H groups in total. The van der Waals surface area contributed by atoms with E-state index in [1.54, 1.807) is 0 Å². The van der Waals surface area contributed by atoms with Gasteiger partial charge in [0.25, 0.3) is 0 Å². The lowest BCUT2D eigenvalue weighted by molar-refractivity contribution is -0.145. The number of carbonyl (C=O) groups is 2. The first-order valence-electron chi connectivity index (χ1n) is 8.05. The number of urea groups is 1. The lowest BCUT2D eigenvalue weighted by atomic mass is 9.82. The maximum absolute atomic E-state index is 12.3. The van der Waals surface area contributed by atoms with E-state index in [2.05, 4.69) is 24.6 Å². The summed E-state index contributed by atoms with van der Waals surface area (Å²) in [4.78, 5) is 23.8. The Kier molecular flexibility index (Phi) is 5.08. The second-order valence-corrected chi connectivity index (χ2v) is 6.55. The molecule has 1 aliphatic heterocycles. The summed E-state index contributed by atoms with van der Waals surface area (Å²) in [5, 5.41) is 14.2. The predicted molar refractivity (Wildman–Crippen MR) is 79.7 cm³/mol. The molecule has 0 aromatic heterocycles. The van der Waals surface area contributed by atoms with Gasteiger partial charge in [-0.2, -0.15) is 0 Å². The molecule has 2 rings (SSSR count). The number of hydrazine groups is 1. The van der Waals surface area contributed by atoms with Crippen molar-refractivity contribution in [1.82, 2.24) is 15.8 Å². The van der Waals surface area contributed by atoms with Crippen molar-refractivity contribution in [1.29, 1.82) is 0 Å². The molecule has 0 spiro atoms. The molecule has 6 nitrogen and oxygen atoms in total.